The normalized spacial score (nSPS) is 13.5. The molecule has 0 aromatic heterocycles. The van der Waals surface area contributed by atoms with Gasteiger partial charge in [-0.25, -0.2) is 0 Å². The van der Waals surface area contributed by atoms with E-state index in [1.54, 1.807) is 24.3 Å². The molecular weight excluding hydrogens is 264 g/mol. The van der Waals surface area contributed by atoms with E-state index in [0.717, 1.165) is 0 Å². The predicted octanol–water partition coefficient (Wildman–Crippen LogP) is 1.14. The number of benzene rings is 1. The van der Waals surface area contributed by atoms with Gasteiger partial charge in [0, 0.05) is 23.7 Å². The molecule has 1 N–H and O–H groups in total. The summed E-state index contributed by atoms with van der Waals surface area (Å²) in [6.45, 7) is 0.243. The van der Waals surface area contributed by atoms with E-state index in [2.05, 4.69) is 10.2 Å². The van der Waals surface area contributed by atoms with Crippen molar-refractivity contribution in [2.75, 3.05) is 13.2 Å². The van der Waals surface area contributed by atoms with Gasteiger partial charge in [0.2, 0.25) is 5.78 Å². The zero-order valence-corrected chi connectivity index (χ0v) is 10.5. The van der Waals surface area contributed by atoms with Crippen LogP contribution in [0.2, 0.25) is 0 Å². The third kappa shape index (κ3) is 3.00. The molecule has 1 aromatic carbocycles. The summed E-state index contributed by atoms with van der Waals surface area (Å²) in [5.41, 5.74) is 0.957. The Morgan fingerprint density at radius 1 is 1.20 bits per heavy atom. The molecule has 0 aliphatic heterocycles. The van der Waals surface area contributed by atoms with Crippen molar-refractivity contribution in [1.29, 1.82) is 0 Å². The van der Waals surface area contributed by atoms with Gasteiger partial charge >= 0.3 is 0 Å². The fraction of sp³-hybridized carbons (Fsp3) is 0.231. The Hall–Kier alpha value is -2.70. The maximum atomic E-state index is 12.1. The van der Waals surface area contributed by atoms with Gasteiger partial charge in [-0.2, -0.15) is 0 Å². The Balaban J connectivity index is 1.95. The van der Waals surface area contributed by atoms with E-state index in [0.29, 0.717) is 24.1 Å². The lowest BCUT2D eigenvalue weighted by Crippen LogP contribution is -2.28. The Kier molecular flexibility index (Phi) is 4.09. The molecule has 0 heterocycles. The summed E-state index contributed by atoms with van der Waals surface area (Å²) in [5.74, 6) is -0.486. The second-order valence-electron chi connectivity index (χ2n) is 4.13. The van der Waals surface area contributed by atoms with Crippen LogP contribution in [0.3, 0.4) is 0 Å². The summed E-state index contributed by atoms with van der Waals surface area (Å²) < 4.78 is 0. The molecule has 0 saturated heterocycles. The van der Waals surface area contributed by atoms with Gasteiger partial charge in [0.25, 0.3) is 5.09 Å². The number of allylic oxidation sites excluding steroid dienone is 2. The molecule has 0 saturated carbocycles. The molecule has 0 bridgehead atoms. The third-order valence-corrected chi connectivity index (χ3v) is 2.79. The van der Waals surface area contributed by atoms with Crippen molar-refractivity contribution in [2.24, 2.45) is 0 Å². The van der Waals surface area contributed by atoms with Crippen molar-refractivity contribution in [3.63, 3.8) is 0 Å². The molecule has 1 aromatic rings. The third-order valence-electron chi connectivity index (χ3n) is 2.79. The van der Waals surface area contributed by atoms with Crippen LogP contribution < -0.4 is 5.32 Å². The van der Waals surface area contributed by atoms with Crippen LogP contribution in [0.15, 0.2) is 36.0 Å². The highest BCUT2D eigenvalue weighted by molar-refractivity contribution is 6.24. The van der Waals surface area contributed by atoms with E-state index >= 15 is 0 Å². The van der Waals surface area contributed by atoms with Gasteiger partial charge in [-0.1, -0.05) is 24.3 Å². The van der Waals surface area contributed by atoms with Gasteiger partial charge in [-0.05, 0) is 6.42 Å². The number of nitrogens with zero attached hydrogens (tertiary/aromatic N) is 1. The fourth-order valence-electron chi connectivity index (χ4n) is 1.88. The number of ketones is 2. The molecule has 104 valence electrons. The number of Topliss-reactive ketones (excluding diaryl/α,β-unsaturated/α-hetero) is 1. The molecule has 7 nitrogen and oxygen atoms in total. The number of rotatable bonds is 6. The zero-order chi connectivity index (χ0) is 14.5. The molecule has 0 amide bonds. The molecule has 1 aliphatic rings. The minimum absolute atomic E-state index is 0.0635. The molecule has 0 spiro atoms. The van der Waals surface area contributed by atoms with Gasteiger partial charge < -0.3 is 10.2 Å². The number of hydrogen-bond acceptors (Lipinski definition) is 6. The maximum Gasteiger partial charge on any atom is 0.294 e. The molecule has 0 atom stereocenters. The Labute approximate surface area is 114 Å². The quantitative estimate of drug-likeness (QED) is 0.475. The van der Waals surface area contributed by atoms with Gasteiger partial charge in [-0.3, -0.25) is 9.59 Å². The highest BCUT2D eigenvalue weighted by Crippen LogP contribution is 2.19. The zero-order valence-electron chi connectivity index (χ0n) is 10.5. The fourth-order valence-corrected chi connectivity index (χ4v) is 1.88. The number of carbonyl (C=O) groups excluding carboxylic acids is 2. The number of hydrogen-bond donors (Lipinski definition) is 1. The van der Waals surface area contributed by atoms with E-state index < -0.39 is 5.09 Å². The second kappa shape index (κ2) is 5.96. The Morgan fingerprint density at radius 3 is 2.60 bits per heavy atom. The van der Waals surface area contributed by atoms with Gasteiger partial charge in [0.1, 0.15) is 0 Å². The lowest BCUT2D eigenvalue weighted by atomic mass is 9.93. The average Bonchev–Trinajstić information content (AvgIpc) is 2.43. The first-order chi connectivity index (χ1) is 9.59. The highest BCUT2D eigenvalue weighted by atomic mass is 16.9. The Bertz CT molecular complexity index is 594. The second-order valence-corrected chi connectivity index (χ2v) is 4.13. The Morgan fingerprint density at radius 2 is 1.90 bits per heavy atom. The first-order valence-corrected chi connectivity index (χ1v) is 6.00. The molecule has 20 heavy (non-hydrogen) atoms. The maximum absolute atomic E-state index is 12.1. The monoisotopic (exact) mass is 276 g/mol. The van der Waals surface area contributed by atoms with Crippen molar-refractivity contribution in [2.45, 2.75) is 6.42 Å². The molecular formula is C13H12N2O5. The van der Waals surface area contributed by atoms with Crippen LogP contribution in [0.25, 0.3) is 0 Å². The lowest BCUT2D eigenvalue weighted by molar-refractivity contribution is -0.757. The van der Waals surface area contributed by atoms with Crippen molar-refractivity contribution in [3.8, 4) is 0 Å². The van der Waals surface area contributed by atoms with Crippen LogP contribution in [0.1, 0.15) is 27.1 Å². The van der Waals surface area contributed by atoms with E-state index in [1.165, 1.54) is 6.08 Å². The molecule has 1 aliphatic carbocycles. The van der Waals surface area contributed by atoms with E-state index in [1.807, 2.05) is 0 Å². The summed E-state index contributed by atoms with van der Waals surface area (Å²) in [6.07, 6.45) is 1.60. The van der Waals surface area contributed by atoms with Crippen LogP contribution in [0.4, 0.5) is 0 Å². The highest BCUT2D eigenvalue weighted by Gasteiger charge is 2.24. The van der Waals surface area contributed by atoms with Crippen LogP contribution in [0, 0.1) is 10.1 Å². The van der Waals surface area contributed by atoms with Crippen LogP contribution in [-0.4, -0.2) is 29.8 Å². The van der Waals surface area contributed by atoms with Crippen LogP contribution >= 0.6 is 0 Å². The first-order valence-electron chi connectivity index (χ1n) is 6.00. The standard InChI is InChI=1S/C13H12N2O5/c16-12-8-11(14-6-3-7-20-15(18)19)13(17)10-5-2-1-4-9(10)12/h1-2,4-5,8,14H,3,6-7H2. The van der Waals surface area contributed by atoms with Crippen molar-refractivity contribution >= 4 is 11.6 Å². The summed E-state index contributed by atoms with van der Waals surface area (Å²) in [5, 5.41) is 11.9. The van der Waals surface area contributed by atoms with Gasteiger partial charge in [-0.15, -0.1) is 10.1 Å². The largest absolute Gasteiger partial charge is 0.382 e. The summed E-state index contributed by atoms with van der Waals surface area (Å²) in [7, 11) is 0. The van der Waals surface area contributed by atoms with E-state index in [-0.39, 0.29) is 23.9 Å². The minimum Gasteiger partial charge on any atom is -0.382 e. The lowest BCUT2D eigenvalue weighted by Gasteiger charge is -2.16. The van der Waals surface area contributed by atoms with Gasteiger partial charge in [0.05, 0.1) is 12.3 Å². The molecule has 0 unspecified atom stereocenters. The van der Waals surface area contributed by atoms with E-state index in [4.69, 9.17) is 0 Å². The topological polar surface area (TPSA) is 98.5 Å². The summed E-state index contributed by atoms with van der Waals surface area (Å²) >= 11 is 0. The molecule has 2 rings (SSSR count). The van der Waals surface area contributed by atoms with Crippen molar-refractivity contribution in [3.05, 3.63) is 57.3 Å². The van der Waals surface area contributed by atoms with Crippen LogP contribution in [-0.2, 0) is 4.84 Å². The average molecular weight is 276 g/mol. The van der Waals surface area contributed by atoms with Crippen LogP contribution in [0.5, 0.6) is 0 Å². The summed E-state index contributed by atoms with van der Waals surface area (Å²) in [4.78, 5) is 38.0. The van der Waals surface area contributed by atoms with Crippen molar-refractivity contribution < 1.29 is 19.5 Å². The number of fused-ring (bicyclic) bond motifs is 1. The molecule has 7 heteroatoms. The van der Waals surface area contributed by atoms with Crippen molar-refractivity contribution in [1.82, 2.24) is 5.32 Å². The molecule has 0 fully saturated rings. The SMILES string of the molecule is O=C1C=C(NCCCO[N+](=O)[O-])C(=O)c2ccccc21. The number of carbonyl (C=O) groups is 2. The minimum atomic E-state index is -0.870. The summed E-state index contributed by atoms with van der Waals surface area (Å²) in [6, 6.07) is 6.59. The van der Waals surface area contributed by atoms with Gasteiger partial charge in [0.15, 0.2) is 5.78 Å². The molecule has 0 radical (unpaired) electrons. The smallest absolute Gasteiger partial charge is 0.294 e. The predicted molar refractivity (Wildman–Crippen MR) is 68.8 cm³/mol. The first kappa shape index (κ1) is 13.7. The van der Waals surface area contributed by atoms with E-state index in [9.17, 15) is 19.7 Å². The number of nitrogens with one attached hydrogen (secondary N) is 1.